The van der Waals surface area contributed by atoms with Gasteiger partial charge >= 0.3 is 5.97 Å². The molecular formula is C12H12ClN3O4. The highest BCUT2D eigenvalue weighted by Gasteiger charge is 2.23. The molecule has 20 heavy (non-hydrogen) atoms. The lowest BCUT2D eigenvalue weighted by atomic mass is 10.1. The number of methoxy groups -OCH3 is 1. The molecular weight excluding hydrogens is 286 g/mol. The molecule has 7 nitrogen and oxygen atoms in total. The van der Waals surface area contributed by atoms with Gasteiger partial charge in [0.15, 0.2) is 17.2 Å². The first-order valence-corrected chi connectivity index (χ1v) is 6.11. The van der Waals surface area contributed by atoms with Crippen LogP contribution in [0.2, 0.25) is 5.02 Å². The fraction of sp³-hybridized carbons (Fsp3) is 0.250. The number of hydrogen-bond donors (Lipinski definition) is 2. The molecule has 2 N–H and O–H groups in total. The number of benzene rings is 1. The molecule has 1 heterocycles. The van der Waals surface area contributed by atoms with Gasteiger partial charge in [0.1, 0.15) is 5.69 Å². The Morgan fingerprint density at radius 2 is 2.20 bits per heavy atom. The summed E-state index contributed by atoms with van der Waals surface area (Å²) < 4.78 is 9.82. The molecule has 0 saturated heterocycles. The lowest BCUT2D eigenvalue weighted by Crippen LogP contribution is -2.06. The maximum absolute atomic E-state index is 11.7. The van der Waals surface area contributed by atoms with Crippen molar-refractivity contribution in [2.45, 2.75) is 6.92 Å². The number of phenols is 1. The number of phenolic OH excluding ortho intramolecular Hbond substituents is 1. The lowest BCUT2D eigenvalue weighted by Gasteiger charge is -2.08. The van der Waals surface area contributed by atoms with Crippen molar-refractivity contribution in [3.8, 4) is 22.8 Å². The summed E-state index contributed by atoms with van der Waals surface area (Å²) in [5.41, 5.74) is 0.548. The Bertz CT molecular complexity index is 642. The van der Waals surface area contributed by atoms with E-state index in [-0.39, 0.29) is 34.5 Å². The highest BCUT2D eigenvalue weighted by molar-refractivity contribution is 6.35. The maximum atomic E-state index is 11.7. The van der Waals surface area contributed by atoms with Crippen LogP contribution >= 0.6 is 11.6 Å². The van der Waals surface area contributed by atoms with Gasteiger partial charge in [-0.3, -0.25) is 0 Å². The average molecular weight is 298 g/mol. The SMILES string of the molecule is CCOC(=O)c1n[nH]nc1-c1ccc(OC)c(O)c1Cl. The number of hydrogen-bond acceptors (Lipinski definition) is 6. The minimum Gasteiger partial charge on any atom is -0.503 e. The summed E-state index contributed by atoms with van der Waals surface area (Å²) in [7, 11) is 1.41. The van der Waals surface area contributed by atoms with Gasteiger partial charge in [0.25, 0.3) is 0 Å². The van der Waals surface area contributed by atoms with Crippen molar-refractivity contribution in [3.63, 3.8) is 0 Å². The van der Waals surface area contributed by atoms with Crippen LogP contribution in [0, 0.1) is 0 Å². The second-order valence-electron chi connectivity index (χ2n) is 3.72. The van der Waals surface area contributed by atoms with Crippen LogP contribution < -0.4 is 4.74 Å². The zero-order valence-corrected chi connectivity index (χ0v) is 11.6. The summed E-state index contributed by atoms with van der Waals surface area (Å²) >= 11 is 6.06. The van der Waals surface area contributed by atoms with Crippen LogP contribution in [0.3, 0.4) is 0 Å². The summed E-state index contributed by atoms with van der Waals surface area (Å²) in [6, 6.07) is 3.08. The Balaban J connectivity index is 2.51. The molecule has 0 aliphatic rings. The van der Waals surface area contributed by atoms with E-state index in [0.717, 1.165) is 0 Å². The molecule has 0 amide bonds. The number of halogens is 1. The first-order valence-electron chi connectivity index (χ1n) is 5.73. The number of nitrogens with one attached hydrogen (secondary N) is 1. The zero-order chi connectivity index (χ0) is 14.7. The average Bonchev–Trinajstić information content (AvgIpc) is 2.91. The zero-order valence-electron chi connectivity index (χ0n) is 10.8. The molecule has 0 spiro atoms. The molecule has 0 saturated carbocycles. The highest BCUT2D eigenvalue weighted by atomic mass is 35.5. The molecule has 0 aliphatic carbocycles. The van der Waals surface area contributed by atoms with Gasteiger partial charge in [-0.1, -0.05) is 11.6 Å². The van der Waals surface area contributed by atoms with E-state index in [1.54, 1.807) is 13.0 Å². The highest BCUT2D eigenvalue weighted by Crippen LogP contribution is 2.40. The van der Waals surface area contributed by atoms with Gasteiger partial charge in [0.05, 0.1) is 18.7 Å². The summed E-state index contributed by atoms with van der Waals surface area (Å²) in [4.78, 5) is 11.7. The Labute approximate surface area is 119 Å². The minimum absolute atomic E-state index is 0.00156. The fourth-order valence-electron chi connectivity index (χ4n) is 1.65. The normalized spacial score (nSPS) is 10.3. The molecule has 1 aromatic carbocycles. The van der Waals surface area contributed by atoms with Crippen LogP contribution in [0.1, 0.15) is 17.4 Å². The van der Waals surface area contributed by atoms with E-state index in [1.165, 1.54) is 13.2 Å². The Morgan fingerprint density at radius 1 is 1.45 bits per heavy atom. The Morgan fingerprint density at radius 3 is 2.85 bits per heavy atom. The second-order valence-corrected chi connectivity index (χ2v) is 4.10. The van der Waals surface area contributed by atoms with Crippen molar-refractivity contribution in [2.24, 2.45) is 0 Å². The summed E-state index contributed by atoms with van der Waals surface area (Å²) in [5, 5.41) is 19.9. The van der Waals surface area contributed by atoms with Crippen LogP contribution in [0.15, 0.2) is 12.1 Å². The third-order valence-corrected chi connectivity index (χ3v) is 2.95. The molecule has 0 aliphatic heterocycles. The maximum Gasteiger partial charge on any atom is 0.361 e. The Kier molecular flexibility index (Phi) is 4.09. The number of esters is 1. The monoisotopic (exact) mass is 297 g/mol. The van der Waals surface area contributed by atoms with Crippen molar-refractivity contribution in [2.75, 3.05) is 13.7 Å². The van der Waals surface area contributed by atoms with Crippen LogP contribution in [0.4, 0.5) is 0 Å². The molecule has 0 atom stereocenters. The quantitative estimate of drug-likeness (QED) is 0.838. The fourth-order valence-corrected chi connectivity index (χ4v) is 1.90. The minimum atomic E-state index is -0.623. The summed E-state index contributed by atoms with van der Waals surface area (Å²) in [6.07, 6.45) is 0. The van der Waals surface area contributed by atoms with Gasteiger partial charge in [0.2, 0.25) is 0 Å². The second kappa shape index (κ2) is 5.79. The Hall–Kier alpha value is -2.28. The van der Waals surface area contributed by atoms with E-state index in [4.69, 9.17) is 21.1 Å². The van der Waals surface area contributed by atoms with Gasteiger partial charge < -0.3 is 14.6 Å². The van der Waals surface area contributed by atoms with Crippen molar-refractivity contribution < 1.29 is 19.4 Å². The van der Waals surface area contributed by atoms with Gasteiger partial charge in [0, 0.05) is 5.56 Å². The van der Waals surface area contributed by atoms with E-state index in [0.29, 0.717) is 5.56 Å². The van der Waals surface area contributed by atoms with Crippen LogP contribution in [0.25, 0.3) is 11.3 Å². The summed E-state index contributed by atoms with van der Waals surface area (Å²) in [6.45, 7) is 1.90. The van der Waals surface area contributed by atoms with Crippen molar-refractivity contribution in [3.05, 3.63) is 22.8 Å². The summed E-state index contributed by atoms with van der Waals surface area (Å²) in [5.74, 6) is -0.632. The molecule has 8 heteroatoms. The van der Waals surface area contributed by atoms with Gasteiger partial charge in [-0.15, -0.1) is 5.10 Å². The van der Waals surface area contributed by atoms with E-state index < -0.39 is 5.97 Å². The predicted molar refractivity (Wildman–Crippen MR) is 71.0 cm³/mol. The number of carbonyl (C=O) groups excluding carboxylic acids is 1. The largest absolute Gasteiger partial charge is 0.503 e. The number of carbonyl (C=O) groups is 1. The standard InChI is InChI=1S/C12H12ClN3O4/c1-3-20-12(18)10-9(14-16-15-10)6-4-5-7(19-2)11(17)8(6)13/h4-5,17H,3H2,1-2H3,(H,14,15,16). The number of nitrogens with zero attached hydrogens (tertiary/aromatic N) is 2. The molecule has 2 rings (SSSR count). The van der Waals surface area contributed by atoms with Crippen LogP contribution in [-0.2, 0) is 4.74 Å². The van der Waals surface area contributed by atoms with Crippen molar-refractivity contribution in [1.82, 2.24) is 15.4 Å². The third kappa shape index (κ3) is 2.39. The van der Waals surface area contributed by atoms with E-state index in [1.807, 2.05) is 0 Å². The van der Waals surface area contributed by atoms with Gasteiger partial charge in [-0.2, -0.15) is 10.3 Å². The first kappa shape index (κ1) is 14.1. The number of aromatic nitrogens is 3. The number of ether oxygens (including phenoxy) is 2. The van der Waals surface area contributed by atoms with Gasteiger partial charge in [-0.25, -0.2) is 4.79 Å². The van der Waals surface area contributed by atoms with E-state index in [9.17, 15) is 9.90 Å². The molecule has 0 radical (unpaired) electrons. The van der Waals surface area contributed by atoms with Crippen molar-refractivity contribution >= 4 is 17.6 Å². The molecule has 1 aromatic heterocycles. The first-order chi connectivity index (χ1) is 9.60. The molecule has 0 bridgehead atoms. The number of H-pyrrole nitrogens is 1. The lowest BCUT2D eigenvalue weighted by molar-refractivity contribution is 0.0520. The number of rotatable bonds is 4. The predicted octanol–water partition coefficient (Wildman–Crippen LogP) is 2.02. The molecule has 0 unspecified atom stereocenters. The topological polar surface area (TPSA) is 97.3 Å². The smallest absolute Gasteiger partial charge is 0.361 e. The third-order valence-electron chi connectivity index (χ3n) is 2.57. The molecule has 2 aromatic rings. The number of aromatic hydroxyl groups is 1. The van der Waals surface area contributed by atoms with Crippen LogP contribution in [-0.4, -0.2) is 40.2 Å². The molecule has 0 fully saturated rings. The van der Waals surface area contributed by atoms with E-state index >= 15 is 0 Å². The van der Waals surface area contributed by atoms with Crippen LogP contribution in [0.5, 0.6) is 11.5 Å². The number of aromatic amines is 1. The van der Waals surface area contributed by atoms with Crippen molar-refractivity contribution in [1.29, 1.82) is 0 Å². The molecule has 106 valence electrons. The van der Waals surface area contributed by atoms with Gasteiger partial charge in [-0.05, 0) is 19.1 Å². The van der Waals surface area contributed by atoms with E-state index in [2.05, 4.69) is 15.4 Å².